The molecule has 4 unspecified atom stereocenters. The van der Waals surface area contributed by atoms with Crippen LogP contribution in [0.5, 0.6) is 0 Å². The SMILES string of the molecule is CC(O)C(NC(=O)CN)C(=O)NC(Cc1cnc[nH]1)C(=O)NC(Cc1c[nH]c2ccccc12)C(=O)O. The van der Waals surface area contributed by atoms with Gasteiger partial charge in [-0.25, -0.2) is 9.78 Å². The number of aliphatic hydroxyl groups is 1. The molecule has 0 saturated heterocycles. The van der Waals surface area contributed by atoms with E-state index in [1.165, 1.54) is 19.4 Å². The first-order valence-electron chi connectivity index (χ1n) is 11.2. The number of carbonyl (C=O) groups excluding carboxylic acids is 3. The third kappa shape index (κ3) is 6.67. The summed E-state index contributed by atoms with van der Waals surface area (Å²) >= 11 is 0. The summed E-state index contributed by atoms with van der Waals surface area (Å²) in [5.74, 6) is -3.53. The van der Waals surface area contributed by atoms with Gasteiger partial charge < -0.3 is 41.9 Å². The van der Waals surface area contributed by atoms with Crippen LogP contribution in [0.3, 0.4) is 0 Å². The molecule has 1 aromatic carbocycles. The molecule has 3 aromatic rings. The van der Waals surface area contributed by atoms with Gasteiger partial charge in [-0.2, -0.15) is 0 Å². The molecule has 0 aliphatic heterocycles. The summed E-state index contributed by atoms with van der Waals surface area (Å²) in [6.45, 7) is 0.898. The number of H-pyrrole nitrogens is 2. The monoisotopic (exact) mass is 499 g/mol. The minimum atomic E-state index is -1.38. The molecule has 3 rings (SSSR count). The number of nitrogens with zero attached hydrogens (tertiary/aromatic N) is 1. The van der Waals surface area contributed by atoms with Crippen LogP contribution in [0.25, 0.3) is 10.9 Å². The fourth-order valence-electron chi connectivity index (χ4n) is 3.72. The Morgan fingerprint density at radius 3 is 2.39 bits per heavy atom. The van der Waals surface area contributed by atoms with Gasteiger partial charge in [0.15, 0.2) is 0 Å². The molecule has 0 spiro atoms. The number of hydrogen-bond donors (Lipinski definition) is 8. The number of aromatic amines is 2. The van der Waals surface area contributed by atoms with Crippen LogP contribution in [-0.2, 0) is 32.0 Å². The Balaban J connectivity index is 1.78. The van der Waals surface area contributed by atoms with Crippen LogP contribution >= 0.6 is 0 Å². The van der Waals surface area contributed by atoms with Gasteiger partial charge in [0.2, 0.25) is 17.7 Å². The lowest BCUT2D eigenvalue weighted by Gasteiger charge is -2.25. The Kier molecular flexibility index (Phi) is 8.76. The van der Waals surface area contributed by atoms with Gasteiger partial charge in [0.25, 0.3) is 0 Å². The number of amides is 3. The number of aliphatic hydroxyl groups excluding tert-OH is 1. The van der Waals surface area contributed by atoms with E-state index in [2.05, 4.69) is 30.9 Å². The van der Waals surface area contributed by atoms with Crippen LogP contribution in [0.15, 0.2) is 43.0 Å². The molecule has 0 bridgehead atoms. The number of benzene rings is 1. The first-order chi connectivity index (χ1) is 17.2. The average Bonchev–Trinajstić information content (AvgIpc) is 3.51. The van der Waals surface area contributed by atoms with Crippen molar-refractivity contribution >= 4 is 34.6 Å². The number of nitrogens with one attached hydrogen (secondary N) is 5. The fraction of sp³-hybridized carbons (Fsp3) is 0.348. The number of carboxylic acids is 1. The summed E-state index contributed by atoms with van der Waals surface area (Å²) in [6, 6.07) is 3.46. The Morgan fingerprint density at radius 2 is 1.75 bits per heavy atom. The van der Waals surface area contributed by atoms with Gasteiger partial charge in [-0.3, -0.25) is 14.4 Å². The lowest BCUT2D eigenvalue weighted by atomic mass is 10.0. The van der Waals surface area contributed by atoms with Gasteiger partial charge in [0.05, 0.1) is 19.0 Å². The maximum atomic E-state index is 13.2. The Bertz CT molecular complexity index is 1210. The maximum Gasteiger partial charge on any atom is 0.326 e. The predicted molar refractivity (Wildman–Crippen MR) is 128 cm³/mol. The number of fused-ring (bicyclic) bond motifs is 1. The number of rotatable bonds is 12. The quantitative estimate of drug-likeness (QED) is 0.147. The normalized spacial score (nSPS) is 14.4. The number of carboxylic acid groups (broad SMARTS) is 1. The molecular formula is C23H29N7O6. The molecule has 0 aliphatic carbocycles. The molecule has 192 valence electrons. The summed E-state index contributed by atoms with van der Waals surface area (Å²) in [5, 5.41) is 27.8. The van der Waals surface area contributed by atoms with Gasteiger partial charge >= 0.3 is 5.97 Å². The van der Waals surface area contributed by atoms with Gasteiger partial charge in [-0.1, -0.05) is 18.2 Å². The molecule has 0 fully saturated rings. The zero-order valence-corrected chi connectivity index (χ0v) is 19.5. The first-order valence-corrected chi connectivity index (χ1v) is 11.2. The number of imidazole rings is 1. The zero-order chi connectivity index (χ0) is 26.2. The highest BCUT2D eigenvalue weighted by atomic mass is 16.4. The summed E-state index contributed by atoms with van der Waals surface area (Å²) in [6.07, 6.45) is 3.19. The van der Waals surface area contributed by atoms with Crippen LogP contribution in [0, 0.1) is 0 Å². The van der Waals surface area contributed by atoms with Crippen molar-refractivity contribution < 1.29 is 29.4 Å². The molecule has 2 aromatic heterocycles. The average molecular weight is 500 g/mol. The molecule has 0 aliphatic rings. The van der Waals surface area contributed by atoms with Gasteiger partial charge in [0, 0.05) is 41.8 Å². The summed E-state index contributed by atoms with van der Waals surface area (Å²) in [5.41, 5.74) is 7.30. The molecule has 9 N–H and O–H groups in total. The van der Waals surface area contributed by atoms with Crippen LogP contribution in [0.1, 0.15) is 18.2 Å². The zero-order valence-electron chi connectivity index (χ0n) is 19.5. The summed E-state index contributed by atoms with van der Waals surface area (Å²) in [7, 11) is 0. The predicted octanol–water partition coefficient (Wildman–Crippen LogP) is -1.45. The van der Waals surface area contributed by atoms with Crippen molar-refractivity contribution in [1.82, 2.24) is 30.9 Å². The molecule has 13 heteroatoms. The van der Waals surface area contributed by atoms with Gasteiger partial charge in [-0.05, 0) is 18.6 Å². The van der Waals surface area contributed by atoms with Crippen LogP contribution in [0.2, 0.25) is 0 Å². The highest BCUT2D eigenvalue weighted by molar-refractivity contribution is 5.94. The minimum absolute atomic E-state index is 0.00132. The summed E-state index contributed by atoms with van der Waals surface area (Å²) < 4.78 is 0. The molecule has 4 atom stereocenters. The van der Waals surface area contributed by atoms with Crippen LogP contribution in [-0.4, -0.2) is 79.6 Å². The van der Waals surface area contributed by atoms with E-state index in [0.717, 1.165) is 10.9 Å². The first kappa shape index (κ1) is 26.4. The molecule has 0 saturated carbocycles. The second kappa shape index (κ2) is 12.0. The Morgan fingerprint density at radius 1 is 1.03 bits per heavy atom. The van der Waals surface area contributed by atoms with Crippen molar-refractivity contribution in [2.45, 2.75) is 44.0 Å². The van der Waals surface area contributed by atoms with Crippen molar-refractivity contribution in [3.05, 3.63) is 54.2 Å². The third-order valence-electron chi connectivity index (χ3n) is 5.59. The Hall–Kier alpha value is -4.23. The lowest BCUT2D eigenvalue weighted by molar-refractivity contribution is -0.142. The van der Waals surface area contributed by atoms with Crippen LogP contribution < -0.4 is 21.7 Å². The number of aliphatic carboxylic acids is 1. The number of para-hydroxylation sites is 1. The van der Waals surface area contributed by atoms with E-state index in [1.54, 1.807) is 6.20 Å². The second-order valence-corrected chi connectivity index (χ2v) is 8.30. The maximum absolute atomic E-state index is 13.2. The third-order valence-corrected chi connectivity index (χ3v) is 5.59. The topological polar surface area (TPSA) is 215 Å². The van der Waals surface area contributed by atoms with E-state index in [1.807, 2.05) is 24.3 Å². The molecule has 3 amide bonds. The standard InChI is InChI=1S/C23H29N7O6/c1-12(31)20(30-19(32)8-24)22(34)28-17(7-14-10-25-11-27-14)21(33)29-18(23(35)36)6-13-9-26-16-5-3-2-4-15(13)16/h2-5,9-12,17-18,20,26,31H,6-8,24H2,1H3,(H,25,27)(H,28,34)(H,29,33)(H,30,32)(H,35,36). The number of hydrogen-bond acceptors (Lipinski definition) is 7. The highest BCUT2D eigenvalue weighted by Gasteiger charge is 2.32. The molecular weight excluding hydrogens is 470 g/mol. The summed E-state index contributed by atoms with van der Waals surface area (Å²) in [4.78, 5) is 59.5. The molecule has 36 heavy (non-hydrogen) atoms. The van der Waals surface area contributed by atoms with E-state index in [0.29, 0.717) is 11.3 Å². The number of nitrogens with two attached hydrogens (primary N) is 1. The van der Waals surface area contributed by atoms with E-state index in [-0.39, 0.29) is 12.8 Å². The minimum Gasteiger partial charge on any atom is -0.480 e. The molecule has 0 radical (unpaired) electrons. The van der Waals surface area contributed by atoms with Crippen LogP contribution in [0.4, 0.5) is 0 Å². The van der Waals surface area contributed by atoms with Crippen molar-refractivity contribution in [2.75, 3.05) is 6.54 Å². The molecule has 13 nitrogen and oxygen atoms in total. The van der Waals surface area contributed by atoms with E-state index in [9.17, 15) is 29.4 Å². The number of carbonyl (C=O) groups is 4. The van der Waals surface area contributed by atoms with Gasteiger partial charge in [0.1, 0.15) is 18.1 Å². The van der Waals surface area contributed by atoms with Crippen molar-refractivity contribution in [3.8, 4) is 0 Å². The smallest absolute Gasteiger partial charge is 0.326 e. The molecule has 2 heterocycles. The highest BCUT2D eigenvalue weighted by Crippen LogP contribution is 2.19. The fourth-order valence-corrected chi connectivity index (χ4v) is 3.72. The Labute approximate surface area is 205 Å². The largest absolute Gasteiger partial charge is 0.480 e. The van der Waals surface area contributed by atoms with E-state index < -0.39 is 54.5 Å². The van der Waals surface area contributed by atoms with Crippen molar-refractivity contribution in [2.24, 2.45) is 5.73 Å². The van der Waals surface area contributed by atoms with E-state index in [4.69, 9.17) is 5.73 Å². The number of aromatic nitrogens is 3. The second-order valence-electron chi connectivity index (χ2n) is 8.30. The van der Waals surface area contributed by atoms with E-state index >= 15 is 0 Å². The van der Waals surface area contributed by atoms with Crippen molar-refractivity contribution in [1.29, 1.82) is 0 Å². The lowest BCUT2D eigenvalue weighted by Crippen LogP contribution is -2.59. The van der Waals surface area contributed by atoms with Gasteiger partial charge in [-0.15, -0.1) is 0 Å². The van der Waals surface area contributed by atoms with Crippen molar-refractivity contribution in [3.63, 3.8) is 0 Å².